The first kappa shape index (κ1) is 17.4. The summed E-state index contributed by atoms with van der Waals surface area (Å²) in [6, 6.07) is 6.11. The van der Waals surface area contributed by atoms with Crippen LogP contribution < -0.4 is 0 Å². The molecular weight excluding hydrogens is 308 g/mol. The van der Waals surface area contributed by atoms with E-state index in [0.29, 0.717) is 23.2 Å². The predicted molar refractivity (Wildman–Crippen MR) is 102 cm³/mol. The second-order valence-electron chi connectivity index (χ2n) is 8.99. The van der Waals surface area contributed by atoms with Crippen LogP contribution in [0.5, 0.6) is 5.75 Å². The monoisotopic (exact) mass is 342 g/mol. The third kappa shape index (κ3) is 3.01. The van der Waals surface area contributed by atoms with Gasteiger partial charge in [0.05, 0.1) is 6.10 Å². The lowest BCUT2D eigenvalue weighted by molar-refractivity contribution is -0.0646. The number of unbranched alkanes of at least 4 members (excludes halogenated alkanes) is 2. The van der Waals surface area contributed by atoms with Gasteiger partial charge in [-0.3, -0.25) is 0 Å². The highest BCUT2D eigenvalue weighted by atomic mass is 16.5. The van der Waals surface area contributed by atoms with Crippen molar-refractivity contribution in [1.29, 1.82) is 0 Å². The van der Waals surface area contributed by atoms with E-state index in [2.05, 4.69) is 19.9 Å². The molecule has 4 rings (SSSR count). The van der Waals surface area contributed by atoms with E-state index in [4.69, 9.17) is 4.74 Å². The molecule has 3 aliphatic carbocycles. The lowest BCUT2D eigenvalue weighted by Crippen LogP contribution is -2.44. The highest BCUT2D eigenvalue weighted by Crippen LogP contribution is 2.61. The topological polar surface area (TPSA) is 29.5 Å². The number of hydrogen-bond donors (Lipinski definition) is 1. The fourth-order valence-corrected chi connectivity index (χ4v) is 6.37. The van der Waals surface area contributed by atoms with E-state index in [0.717, 1.165) is 24.9 Å². The van der Waals surface area contributed by atoms with Crippen molar-refractivity contribution in [3.8, 4) is 5.75 Å². The molecule has 2 heteroatoms. The first-order valence-corrected chi connectivity index (χ1v) is 10.6. The maximum Gasteiger partial charge on any atom is 0.115 e. The molecule has 0 heterocycles. The number of benzene rings is 1. The smallest absolute Gasteiger partial charge is 0.115 e. The molecule has 0 saturated heterocycles. The van der Waals surface area contributed by atoms with Gasteiger partial charge in [-0.1, -0.05) is 32.8 Å². The molecule has 0 bridgehead atoms. The molecule has 1 N–H and O–H groups in total. The van der Waals surface area contributed by atoms with Gasteiger partial charge in [-0.2, -0.15) is 0 Å². The molecular formula is C23H34O2. The molecule has 2 saturated carbocycles. The molecule has 0 aliphatic heterocycles. The van der Waals surface area contributed by atoms with Crippen LogP contribution in [0, 0.1) is 17.3 Å². The summed E-state index contributed by atoms with van der Waals surface area (Å²) in [7, 11) is 0. The zero-order valence-corrected chi connectivity index (χ0v) is 16.0. The van der Waals surface area contributed by atoms with Crippen LogP contribution in [0.15, 0.2) is 18.2 Å². The molecule has 1 aromatic carbocycles. The molecule has 138 valence electrons. The summed E-state index contributed by atoms with van der Waals surface area (Å²) in [6.45, 7) is 5.74. The minimum absolute atomic E-state index is 0.391. The van der Waals surface area contributed by atoms with Crippen LogP contribution in [0.25, 0.3) is 0 Å². The standard InChI is InChI=1S/C23H34O2/c1-3-4-5-14-25-22-11-10-21-20-8-6-16-15-17(24)7-9-18(16)19(20)12-13-23(21,22)2/h7,9,15,19-22,24H,3-6,8,10-14H2,1-2H3/t19-,20-,21+,22?,23+/m1/s1. The fourth-order valence-electron chi connectivity index (χ4n) is 6.37. The Morgan fingerprint density at radius 3 is 2.88 bits per heavy atom. The second kappa shape index (κ2) is 6.95. The van der Waals surface area contributed by atoms with E-state index >= 15 is 0 Å². The molecule has 0 spiro atoms. The van der Waals surface area contributed by atoms with Gasteiger partial charge in [0.15, 0.2) is 0 Å². The van der Waals surface area contributed by atoms with Crippen molar-refractivity contribution in [2.45, 2.75) is 83.7 Å². The predicted octanol–water partition coefficient (Wildman–Crippen LogP) is 5.82. The normalized spacial score (nSPS) is 36.6. The number of phenols is 1. The Bertz CT molecular complexity index is 610. The van der Waals surface area contributed by atoms with Gasteiger partial charge in [0.25, 0.3) is 0 Å². The van der Waals surface area contributed by atoms with Gasteiger partial charge in [0, 0.05) is 6.61 Å². The van der Waals surface area contributed by atoms with Crippen LogP contribution in [-0.2, 0) is 11.2 Å². The van der Waals surface area contributed by atoms with Crippen LogP contribution >= 0.6 is 0 Å². The van der Waals surface area contributed by atoms with E-state index in [-0.39, 0.29) is 0 Å². The first-order valence-electron chi connectivity index (χ1n) is 10.6. The number of ether oxygens (including phenoxy) is 1. The summed E-state index contributed by atoms with van der Waals surface area (Å²) in [5, 5.41) is 9.81. The van der Waals surface area contributed by atoms with Gasteiger partial charge < -0.3 is 9.84 Å². The third-order valence-corrected chi connectivity index (χ3v) is 7.69. The van der Waals surface area contributed by atoms with Crippen molar-refractivity contribution in [3.05, 3.63) is 29.3 Å². The average Bonchev–Trinajstić information content (AvgIpc) is 2.95. The molecule has 5 atom stereocenters. The summed E-state index contributed by atoms with van der Waals surface area (Å²) >= 11 is 0. The van der Waals surface area contributed by atoms with Crippen LogP contribution in [0.2, 0.25) is 0 Å². The molecule has 0 radical (unpaired) electrons. The molecule has 0 amide bonds. The molecule has 2 nitrogen and oxygen atoms in total. The number of hydrogen-bond acceptors (Lipinski definition) is 2. The van der Waals surface area contributed by atoms with Crippen molar-refractivity contribution in [2.24, 2.45) is 17.3 Å². The Hall–Kier alpha value is -1.02. The van der Waals surface area contributed by atoms with Gasteiger partial charge in [0.1, 0.15) is 5.75 Å². The van der Waals surface area contributed by atoms with Gasteiger partial charge in [-0.15, -0.1) is 0 Å². The Balaban J connectivity index is 1.49. The van der Waals surface area contributed by atoms with Crippen LogP contribution in [0.1, 0.15) is 82.3 Å². The third-order valence-electron chi connectivity index (χ3n) is 7.69. The van der Waals surface area contributed by atoms with Gasteiger partial charge in [-0.25, -0.2) is 0 Å². The van der Waals surface area contributed by atoms with Gasteiger partial charge in [0.2, 0.25) is 0 Å². The second-order valence-corrected chi connectivity index (χ2v) is 8.99. The van der Waals surface area contributed by atoms with Crippen LogP contribution in [0.4, 0.5) is 0 Å². The average molecular weight is 343 g/mol. The van der Waals surface area contributed by atoms with Gasteiger partial charge >= 0.3 is 0 Å². The van der Waals surface area contributed by atoms with Crippen molar-refractivity contribution in [3.63, 3.8) is 0 Å². The van der Waals surface area contributed by atoms with E-state index in [1.165, 1.54) is 62.5 Å². The Morgan fingerprint density at radius 2 is 2.04 bits per heavy atom. The summed E-state index contributed by atoms with van der Waals surface area (Å²) in [6.07, 6.45) is 11.9. The number of aryl methyl sites for hydroxylation is 1. The zero-order valence-electron chi connectivity index (χ0n) is 16.0. The maximum atomic E-state index is 9.81. The number of aromatic hydroxyl groups is 1. The maximum absolute atomic E-state index is 9.81. The number of rotatable bonds is 5. The lowest BCUT2D eigenvalue weighted by Gasteiger charge is -2.50. The highest BCUT2D eigenvalue weighted by Gasteiger charge is 2.55. The quantitative estimate of drug-likeness (QED) is 0.683. The van der Waals surface area contributed by atoms with E-state index < -0.39 is 0 Å². The molecule has 3 aliphatic rings. The molecule has 25 heavy (non-hydrogen) atoms. The van der Waals surface area contributed by atoms with E-state index in [1.807, 2.05) is 12.1 Å². The summed E-state index contributed by atoms with van der Waals surface area (Å²) in [5.41, 5.74) is 3.32. The lowest BCUT2D eigenvalue weighted by atomic mass is 9.55. The van der Waals surface area contributed by atoms with Gasteiger partial charge in [-0.05, 0) is 91.4 Å². The Kier molecular flexibility index (Phi) is 4.83. The number of phenolic OH excluding ortho intramolecular Hbond substituents is 1. The zero-order chi connectivity index (χ0) is 17.4. The molecule has 1 unspecified atom stereocenters. The highest BCUT2D eigenvalue weighted by molar-refractivity contribution is 5.40. The largest absolute Gasteiger partial charge is 0.508 e. The minimum Gasteiger partial charge on any atom is -0.508 e. The summed E-state index contributed by atoms with van der Waals surface area (Å²) in [4.78, 5) is 0. The summed E-state index contributed by atoms with van der Waals surface area (Å²) < 4.78 is 6.41. The SMILES string of the molecule is CCCCCOC1CC[C@H]2[C@@H]3CCc4cc(O)ccc4[C@H]3CC[C@]12C. The van der Waals surface area contributed by atoms with Crippen molar-refractivity contribution in [1.82, 2.24) is 0 Å². The van der Waals surface area contributed by atoms with Crippen LogP contribution in [-0.4, -0.2) is 17.8 Å². The fraction of sp³-hybridized carbons (Fsp3) is 0.739. The van der Waals surface area contributed by atoms with E-state index in [1.54, 1.807) is 0 Å². The Morgan fingerprint density at radius 1 is 1.16 bits per heavy atom. The molecule has 2 fully saturated rings. The Labute approximate surface area is 153 Å². The summed E-state index contributed by atoms with van der Waals surface area (Å²) in [5.74, 6) is 2.78. The van der Waals surface area contributed by atoms with Crippen molar-refractivity contribution < 1.29 is 9.84 Å². The minimum atomic E-state index is 0.391. The van der Waals surface area contributed by atoms with Crippen molar-refractivity contribution in [2.75, 3.05) is 6.61 Å². The van der Waals surface area contributed by atoms with E-state index in [9.17, 15) is 5.11 Å². The van der Waals surface area contributed by atoms with Crippen molar-refractivity contribution >= 4 is 0 Å². The molecule has 1 aromatic rings. The van der Waals surface area contributed by atoms with Crippen LogP contribution in [0.3, 0.4) is 0 Å². The first-order chi connectivity index (χ1) is 12.1. The molecule has 0 aromatic heterocycles. The number of fused-ring (bicyclic) bond motifs is 5.